The molecule has 1 aromatic carbocycles. The molecule has 0 aliphatic rings. The number of hydrogen-bond acceptors (Lipinski definition) is 4. The monoisotopic (exact) mass is 317 g/mol. The second kappa shape index (κ2) is 5.38. The predicted octanol–water partition coefficient (Wildman–Crippen LogP) is 3.40. The second-order valence-corrected chi connectivity index (χ2v) is 6.82. The van der Waals surface area contributed by atoms with Crippen molar-refractivity contribution in [2.75, 3.05) is 6.26 Å². The molecule has 0 saturated carbocycles. The van der Waals surface area contributed by atoms with E-state index in [0.717, 1.165) is 10.9 Å². The van der Waals surface area contributed by atoms with Gasteiger partial charge in [-0.2, -0.15) is 0 Å². The Morgan fingerprint density at radius 3 is 2.57 bits per heavy atom. The van der Waals surface area contributed by atoms with Gasteiger partial charge in [0.05, 0.1) is 0 Å². The third-order valence-electron chi connectivity index (χ3n) is 3.14. The van der Waals surface area contributed by atoms with Crippen molar-refractivity contribution in [3.63, 3.8) is 0 Å². The van der Waals surface area contributed by atoms with Crippen molar-refractivity contribution in [1.82, 2.24) is 4.98 Å². The number of rotatable bonds is 3. The summed E-state index contributed by atoms with van der Waals surface area (Å²) in [5.41, 5.74) is 1.46. The van der Waals surface area contributed by atoms with Crippen LogP contribution in [0.15, 0.2) is 47.5 Å². The van der Waals surface area contributed by atoms with Gasteiger partial charge in [-0.3, -0.25) is 4.21 Å². The zero-order chi connectivity index (χ0) is 15.0. The Labute approximate surface area is 127 Å². The Morgan fingerprint density at radius 1 is 1.24 bits per heavy atom. The molecule has 0 bridgehead atoms. The Morgan fingerprint density at radius 2 is 1.95 bits per heavy atom. The molecular weight excluding hydrogens is 306 g/mol. The van der Waals surface area contributed by atoms with Crippen molar-refractivity contribution < 1.29 is 14.1 Å². The van der Waals surface area contributed by atoms with Crippen molar-refractivity contribution in [1.29, 1.82) is 0 Å². The van der Waals surface area contributed by atoms with Gasteiger partial charge in [-0.05, 0) is 29.8 Å². The molecule has 106 valence electrons. The van der Waals surface area contributed by atoms with Gasteiger partial charge in [0.1, 0.15) is 9.71 Å². The number of pyridine rings is 1. The van der Waals surface area contributed by atoms with Crippen LogP contribution in [0.3, 0.4) is 0 Å². The summed E-state index contributed by atoms with van der Waals surface area (Å²) < 4.78 is 11.4. The minimum absolute atomic E-state index is 0.272. The topological polar surface area (TPSA) is 67.3 Å². The molecule has 0 amide bonds. The number of carbonyl (C=O) groups is 1. The fourth-order valence-corrected chi connectivity index (χ4v) is 3.71. The Balaban J connectivity index is 2.25. The van der Waals surface area contributed by atoms with Gasteiger partial charge in [0.15, 0.2) is 0 Å². The van der Waals surface area contributed by atoms with Crippen LogP contribution in [0.5, 0.6) is 0 Å². The standard InChI is InChI=1S/C15H11NO3S2/c1-21(19)10-6-4-9(5-7-10)12-11-3-2-8-16-14(11)20-13(12)15(17)18/h2-8H,1H3,(H,17,18). The highest BCUT2D eigenvalue weighted by atomic mass is 32.2. The van der Waals surface area contributed by atoms with Gasteiger partial charge >= 0.3 is 5.97 Å². The zero-order valence-electron chi connectivity index (χ0n) is 11.1. The smallest absolute Gasteiger partial charge is 0.346 e. The van der Waals surface area contributed by atoms with Gasteiger partial charge in [-0.1, -0.05) is 12.1 Å². The highest BCUT2D eigenvalue weighted by Crippen LogP contribution is 2.37. The van der Waals surface area contributed by atoms with Crippen LogP contribution in [0.25, 0.3) is 21.3 Å². The largest absolute Gasteiger partial charge is 0.477 e. The Bertz CT molecular complexity index is 853. The van der Waals surface area contributed by atoms with Crippen LogP contribution in [0.1, 0.15) is 9.67 Å². The van der Waals surface area contributed by atoms with Crippen molar-refractivity contribution >= 4 is 38.3 Å². The number of fused-ring (bicyclic) bond motifs is 1. The molecule has 0 aliphatic carbocycles. The summed E-state index contributed by atoms with van der Waals surface area (Å²) in [5.74, 6) is -0.962. The van der Waals surface area contributed by atoms with Crippen molar-refractivity contribution in [3.8, 4) is 11.1 Å². The van der Waals surface area contributed by atoms with Crippen LogP contribution < -0.4 is 0 Å². The van der Waals surface area contributed by atoms with Crippen molar-refractivity contribution in [2.45, 2.75) is 4.90 Å². The minimum atomic E-state index is -1.05. The molecule has 0 spiro atoms. The lowest BCUT2D eigenvalue weighted by atomic mass is 10.0. The highest BCUT2D eigenvalue weighted by molar-refractivity contribution is 7.84. The third kappa shape index (κ3) is 2.48. The first-order chi connectivity index (χ1) is 10.1. The summed E-state index contributed by atoms with van der Waals surface area (Å²) in [4.78, 5) is 17.4. The molecule has 2 aromatic heterocycles. The van der Waals surface area contributed by atoms with E-state index in [1.807, 2.05) is 6.07 Å². The molecule has 1 unspecified atom stereocenters. The molecule has 0 radical (unpaired) electrons. The predicted molar refractivity (Wildman–Crippen MR) is 84.3 cm³/mol. The molecule has 0 saturated heterocycles. The highest BCUT2D eigenvalue weighted by Gasteiger charge is 2.19. The lowest BCUT2D eigenvalue weighted by Gasteiger charge is -2.03. The number of aromatic carboxylic acids is 1. The van der Waals surface area contributed by atoms with Crippen LogP contribution >= 0.6 is 11.3 Å². The molecule has 4 nitrogen and oxygen atoms in total. The molecule has 1 atom stereocenters. The molecule has 3 aromatic rings. The number of aromatic nitrogens is 1. The molecule has 0 aliphatic heterocycles. The second-order valence-electron chi connectivity index (χ2n) is 4.45. The maximum absolute atomic E-state index is 11.5. The lowest BCUT2D eigenvalue weighted by molar-refractivity contribution is 0.0703. The molecule has 2 heterocycles. The van der Waals surface area contributed by atoms with E-state index in [0.29, 0.717) is 15.3 Å². The fourth-order valence-electron chi connectivity index (χ4n) is 2.18. The number of thiophene rings is 1. The Kier molecular flexibility index (Phi) is 3.57. The number of carboxylic acids is 1. The first kappa shape index (κ1) is 13.9. The van der Waals surface area contributed by atoms with E-state index in [1.54, 1.807) is 42.8 Å². The zero-order valence-corrected chi connectivity index (χ0v) is 12.7. The van der Waals surface area contributed by atoms with Gasteiger partial charge in [-0.15, -0.1) is 11.3 Å². The summed E-state index contributed by atoms with van der Waals surface area (Å²) in [7, 11) is -1.05. The molecular formula is C15H11NO3S2. The molecule has 3 rings (SSSR count). The van der Waals surface area contributed by atoms with Crippen molar-refractivity contribution in [2.24, 2.45) is 0 Å². The van der Waals surface area contributed by atoms with Crippen molar-refractivity contribution in [3.05, 3.63) is 47.5 Å². The van der Waals surface area contributed by atoms with Crippen LogP contribution in [0, 0.1) is 0 Å². The number of nitrogens with zero attached hydrogens (tertiary/aromatic N) is 1. The van der Waals surface area contributed by atoms with E-state index in [2.05, 4.69) is 4.98 Å². The van der Waals surface area contributed by atoms with Gasteiger partial charge in [-0.25, -0.2) is 9.78 Å². The number of carboxylic acid groups (broad SMARTS) is 1. The SMILES string of the molecule is CS(=O)c1ccc(-c2c(C(=O)O)sc3ncccc23)cc1. The molecule has 1 N–H and O–H groups in total. The number of hydrogen-bond donors (Lipinski definition) is 1. The van der Waals surface area contributed by atoms with E-state index >= 15 is 0 Å². The van der Waals surface area contributed by atoms with E-state index in [1.165, 1.54) is 11.3 Å². The van der Waals surface area contributed by atoms with E-state index in [-0.39, 0.29) is 4.88 Å². The van der Waals surface area contributed by atoms with E-state index in [9.17, 15) is 14.1 Å². The van der Waals surface area contributed by atoms with Gasteiger partial charge in [0.2, 0.25) is 0 Å². The molecule has 21 heavy (non-hydrogen) atoms. The summed E-state index contributed by atoms with van der Waals surface area (Å²) >= 11 is 1.17. The van der Waals surface area contributed by atoms with Crippen LogP contribution in [-0.2, 0) is 10.8 Å². The average molecular weight is 317 g/mol. The fraction of sp³-hybridized carbons (Fsp3) is 0.0667. The quantitative estimate of drug-likeness (QED) is 0.804. The van der Waals surface area contributed by atoms with E-state index in [4.69, 9.17) is 0 Å². The van der Waals surface area contributed by atoms with Crippen LogP contribution in [0.4, 0.5) is 0 Å². The van der Waals surface area contributed by atoms with Gasteiger partial charge < -0.3 is 5.11 Å². The summed E-state index contributed by atoms with van der Waals surface area (Å²) in [6.45, 7) is 0. The lowest BCUT2D eigenvalue weighted by Crippen LogP contribution is -1.95. The maximum atomic E-state index is 11.5. The van der Waals surface area contributed by atoms with Crippen LogP contribution in [0.2, 0.25) is 0 Å². The van der Waals surface area contributed by atoms with Gasteiger partial charge in [0.25, 0.3) is 0 Å². The number of benzene rings is 1. The Hall–Kier alpha value is -2.05. The minimum Gasteiger partial charge on any atom is -0.477 e. The van der Waals surface area contributed by atoms with E-state index < -0.39 is 16.8 Å². The summed E-state index contributed by atoms with van der Waals surface area (Å²) in [6, 6.07) is 10.8. The van der Waals surface area contributed by atoms with Gasteiger partial charge in [0, 0.05) is 39.1 Å². The molecule has 6 heteroatoms. The third-order valence-corrected chi connectivity index (χ3v) is 5.17. The maximum Gasteiger partial charge on any atom is 0.346 e. The average Bonchev–Trinajstić information content (AvgIpc) is 2.87. The first-order valence-corrected chi connectivity index (χ1v) is 8.50. The summed E-state index contributed by atoms with van der Waals surface area (Å²) in [6.07, 6.45) is 3.26. The summed E-state index contributed by atoms with van der Waals surface area (Å²) in [5, 5.41) is 10.2. The molecule has 0 fully saturated rings. The first-order valence-electron chi connectivity index (χ1n) is 6.12. The van der Waals surface area contributed by atoms with Crippen LogP contribution in [-0.4, -0.2) is 26.5 Å². The normalized spacial score (nSPS) is 12.4.